The first kappa shape index (κ1) is 15.6. The lowest BCUT2D eigenvalue weighted by atomic mass is 9.86. The minimum atomic E-state index is -4.39. The number of nitrogens with one attached hydrogen (secondary N) is 1. The quantitative estimate of drug-likeness (QED) is 0.930. The van der Waals surface area contributed by atoms with Crippen LogP contribution in [0.1, 0.15) is 38.9 Å². The Balaban J connectivity index is 2.18. The van der Waals surface area contributed by atoms with Crippen molar-refractivity contribution in [1.29, 1.82) is 0 Å². The highest BCUT2D eigenvalue weighted by molar-refractivity contribution is 7.99. The summed E-state index contributed by atoms with van der Waals surface area (Å²) in [7, 11) is 0. The molecule has 1 aromatic heterocycles. The van der Waals surface area contributed by atoms with E-state index in [-0.39, 0.29) is 23.6 Å². The molecule has 0 saturated carbocycles. The Labute approximate surface area is 119 Å². The van der Waals surface area contributed by atoms with Crippen molar-refractivity contribution in [2.24, 2.45) is 0 Å². The highest BCUT2D eigenvalue weighted by Crippen LogP contribution is 2.44. The van der Waals surface area contributed by atoms with Gasteiger partial charge in [0.05, 0.1) is 5.75 Å². The minimum Gasteiger partial charge on any atom is -0.338 e. The number of thioether (sulfide) groups is 1. The van der Waals surface area contributed by atoms with Crippen LogP contribution in [0.2, 0.25) is 0 Å². The summed E-state index contributed by atoms with van der Waals surface area (Å²) in [5.41, 5.74) is -2.04. The number of alkyl halides is 3. The number of rotatable bonds is 3. The summed E-state index contributed by atoms with van der Waals surface area (Å²) in [5, 5.41) is 6.42. The summed E-state index contributed by atoms with van der Waals surface area (Å²) in [6.45, 7) is 6.17. The maximum atomic E-state index is 13.3. The molecule has 1 aliphatic rings. The standard InChI is InChI=1S/C12H18F3N3OS/c1-10(2,3)20-6-8-17-9(19-18-8)11(12(13,14)15)4-5-16-7-11/h16H,4-7H2,1-3H3. The molecule has 0 aromatic carbocycles. The monoisotopic (exact) mass is 309 g/mol. The van der Waals surface area contributed by atoms with E-state index in [1.807, 2.05) is 20.8 Å². The molecule has 0 amide bonds. The fourth-order valence-electron chi connectivity index (χ4n) is 2.03. The van der Waals surface area contributed by atoms with Crippen LogP contribution in [-0.2, 0) is 11.2 Å². The summed E-state index contributed by atoms with van der Waals surface area (Å²) in [6.07, 6.45) is -4.46. The van der Waals surface area contributed by atoms with Crippen molar-refractivity contribution < 1.29 is 17.7 Å². The molecule has 2 heterocycles. The summed E-state index contributed by atoms with van der Waals surface area (Å²) in [6, 6.07) is 0. The van der Waals surface area contributed by atoms with Gasteiger partial charge in [0.15, 0.2) is 11.2 Å². The van der Waals surface area contributed by atoms with Gasteiger partial charge in [-0.2, -0.15) is 18.2 Å². The number of nitrogens with zero attached hydrogens (tertiary/aromatic N) is 2. The molecule has 114 valence electrons. The molecule has 8 heteroatoms. The van der Waals surface area contributed by atoms with Gasteiger partial charge < -0.3 is 9.84 Å². The SMILES string of the molecule is CC(C)(C)SCc1noc(C2(C(F)(F)F)CCNC2)n1. The van der Waals surface area contributed by atoms with Gasteiger partial charge in [0.25, 0.3) is 0 Å². The third kappa shape index (κ3) is 3.11. The van der Waals surface area contributed by atoms with Crippen molar-refractivity contribution in [2.45, 2.75) is 49.3 Å². The van der Waals surface area contributed by atoms with Gasteiger partial charge in [-0.05, 0) is 13.0 Å². The number of halogens is 3. The first-order valence-electron chi connectivity index (χ1n) is 6.39. The van der Waals surface area contributed by atoms with Crippen LogP contribution in [0.4, 0.5) is 13.2 Å². The van der Waals surface area contributed by atoms with Crippen molar-refractivity contribution >= 4 is 11.8 Å². The van der Waals surface area contributed by atoms with Crippen LogP contribution in [-0.4, -0.2) is 34.2 Å². The molecule has 1 N–H and O–H groups in total. The van der Waals surface area contributed by atoms with Crippen LogP contribution in [0.5, 0.6) is 0 Å². The number of aromatic nitrogens is 2. The topological polar surface area (TPSA) is 51.0 Å². The van der Waals surface area contributed by atoms with E-state index in [0.717, 1.165) is 0 Å². The molecule has 0 bridgehead atoms. The van der Waals surface area contributed by atoms with Gasteiger partial charge in [0.2, 0.25) is 5.89 Å². The first-order chi connectivity index (χ1) is 9.14. The van der Waals surface area contributed by atoms with Crippen LogP contribution >= 0.6 is 11.8 Å². The zero-order valence-corrected chi connectivity index (χ0v) is 12.5. The highest BCUT2D eigenvalue weighted by Gasteiger charge is 2.61. The maximum Gasteiger partial charge on any atom is 0.404 e. The van der Waals surface area contributed by atoms with Crippen molar-refractivity contribution in [1.82, 2.24) is 15.5 Å². The van der Waals surface area contributed by atoms with E-state index < -0.39 is 11.6 Å². The van der Waals surface area contributed by atoms with E-state index in [4.69, 9.17) is 4.52 Å². The molecule has 4 nitrogen and oxygen atoms in total. The van der Waals surface area contributed by atoms with Crippen molar-refractivity contribution in [3.8, 4) is 0 Å². The van der Waals surface area contributed by atoms with Crippen LogP contribution in [0.15, 0.2) is 4.52 Å². The van der Waals surface area contributed by atoms with Gasteiger partial charge in [-0.25, -0.2) is 0 Å². The van der Waals surface area contributed by atoms with Crippen molar-refractivity contribution in [3.05, 3.63) is 11.7 Å². The Morgan fingerprint density at radius 3 is 2.55 bits per heavy atom. The maximum absolute atomic E-state index is 13.3. The molecule has 20 heavy (non-hydrogen) atoms. The molecule has 1 aromatic rings. The summed E-state index contributed by atoms with van der Waals surface area (Å²) in [4.78, 5) is 3.98. The largest absolute Gasteiger partial charge is 0.404 e. The van der Waals surface area contributed by atoms with Gasteiger partial charge in [-0.15, -0.1) is 11.8 Å². The van der Waals surface area contributed by atoms with Crippen LogP contribution < -0.4 is 5.32 Å². The lowest BCUT2D eigenvalue weighted by Gasteiger charge is -2.26. The average molecular weight is 309 g/mol. The summed E-state index contributed by atoms with van der Waals surface area (Å²) in [5.74, 6) is 0.434. The second-order valence-corrected chi connectivity index (χ2v) is 7.73. The Hall–Kier alpha value is -0.760. The molecule has 1 unspecified atom stereocenters. The Bertz CT molecular complexity index is 461. The molecular formula is C12H18F3N3OS. The van der Waals surface area contributed by atoms with Crippen LogP contribution in [0.3, 0.4) is 0 Å². The Kier molecular flexibility index (Phi) is 4.07. The predicted octanol–water partition coefficient (Wildman–Crippen LogP) is 2.89. The fourth-order valence-corrected chi connectivity index (χ4v) is 2.71. The highest BCUT2D eigenvalue weighted by atomic mass is 32.2. The smallest absolute Gasteiger partial charge is 0.338 e. The molecule has 1 atom stereocenters. The third-order valence-electron chi connectivity index (χ3n) is 3.21. The van der Waals surface area contributed by atoms with Gasteiger partial charge >= 0.3 is 6.18 Å². The zero-order chi connectivity index (χ0) is 15.0. The first-order valence-corrected chi connectivity index (χ1v) is 7.37. The molecule has 1 saturated heterocycles. The van der Waals surface area contributed by atoms with Crippen molar-refractivity contribution in [2.75, 3.05) is 13.1 Å². The second-order valence-electron chi connectivity index (χ2n) is 5.92. The van der Waals surface area contributed by atoms with E-state index in [2.05, 4.69) is 15.5 Å². The fraction of sp³-hybridized carbons (Fsp3) is 0.833. The van der Waals surface area contributed by atoms with Gasteiger partial charge in [0, 0.05) is 11.3 Å². The van der Waals surface area contributed by atoms with E-state index in [9.17, 15) is 13.2 Å². The van der Waals surface area contributed by atoms with E-state index in [0.29, 0.717) is 18.1 Å². The molecular weight excluding hydrogens is 291 g/mol. The Morgan fingerprint density at radius 2 is 2.05 bits per heavy atom. The van der Waals surface area contributed by atoms with Gasteiger partial charge in [-0.1, -0.05) is 25.9 Å². The molecule has 0 aliphatic carbocycles. The molecule has 0 radical (unpaired) electrons. The Morgan fingerprint density at radius 1 is 1.35 bits per heavy atom. The number of hydrogen-bond acceptors (Lipinski definition) is 5. The van der Waals surface area contributed by atoms with Crippen LogP contribution in [0, 0.1) is 0 Å². The predicted molar refractivity (Wildman–Crippen MR) is 70.6 cm³/mol. The minimum absolute atomic E-state index is 0.00256. The lowest BCUT2D eigenvalue weighted by Crippen LogP contribution is -2.44. The molecule has 1 aliphatic heterocycles. The van der Waals surface area contributed by atoms with E-state index in [1.54, 1.807) is 11.8 Å². The molecule has 0 spiro atoms. The number of hydrogen-bond donors (Lipinski definition) is 1. The van der Waals surface area contributed by atoms with Gasteiger partial charge in [0.1, 0.15) is 0 Å². The lowest BCUT2D eigenvalue weighted by molar-refractivity contribution is -0.191. The van der Waals surface area contributed by atoms with E-state index in [1.165, 1.54) is 0 Å². The van der Waals surface area contributed by atoms with Crippen LogP contribution in [0.25, 0.3) is 0 Å². The van der Waals surface area contributed by atoms with Crippen molar-refractivity contribution in [3.63, 3.8) is 0 Å². The molecule has 2 rings (SSSR count). The molecule has 1 fully saturated rings. The zero-order valence-electron chi connectivity index (χ0n) is 11.7. The third-order valence-corrected chi connectivity index (χ3v) is 4.48. The second kappa shape index (κ2) is 5.22. The van der Waals surface area contributed by atoms with E-state index >= 15 is 0 Å². The average Bonchev–Trinajstić information content (AvgIpc) is 2.94. The summed E-state index contributed by atoms with van der Waals surface area (Å²) >= 11 is 1.57. The van der Waals surface area contributed by atoms with Gasteiger partial charge in [-0.3, -0.25) is 0 Å². The normalized spacial score (nSPS) is 24.3. The summed E-state index contributed by atoms with van der Waals surface area (Å²) < 4.78 is 44.8.